The average Bonchev–Trinajstić information content (AvgIpc) is 3.29. The van der Waals surface area contributed by atoms with Gasteiger partial charge in [0.2, 0.25) is 0 Å². The van der Waals surface area contributed by atoms with Gasteiger partial charge >= 0.3 is 0 Å². The van der Waals surface area contributed by atoms with Crippen molar-refractivity contribution in [2.75, 3.05) is 0 Å². The highest BCUT2D eigenvalue weighted by atomic mass is 16.2. The Labute approximate surface area is 150 Å². The Bertz CT molecular complexity index is 1140. The first kappa shape index (κ1) is 14.7. The van der Waals surface area contributed by atoms with Crippen molar-refractivity contribution in [3.63, 3.8) is 0 Å². The molecule has 0 saturated carbocycles. The highest BCUT2D eigenvalue weighted by molar-refractivity contribution is 6.24. The molecule has 5 rings (SSSR count). The second-order valence-electron chi connectivity index (χ2n) is 6.24. The van der Waals surface area contributed by atoms with Crippen LogP contribution < -0.4 is 5.43 Å². The fourth-order valence-corrected chi connectivity index (χ4v) is 3.56. The van der Waals surface area contributed by atoms with Crippen molar-refractivity contribution < 1.29 is 4.79 Å². The van der Waals surface area contributed by atoms with Gasteiger partial charge in [-0.25, -0.2) is 5.43 Å². The SMILES string of the molecule is O=C(NN=C1c2ccccc2-c2ccccc21)c1cccc2cc[nH]c12. The number of hydrazone groups is 1. The second kappa shape index (κ2) is 5.70. The fourth-order valence-electron chi connectivity index (χ4n) is 3.56. The van der Waals surface area contributed by atoms with Gasteiger partial charge in [-0.3, -0.25) is 4.79 Å². The minimum Gasteiger partial charge on any atom is -0.361 e. The molecule has 0 aliphatic heterocycles. The molecule has 4 aromatic rings. The molecule has 4 heteroatoms. The topological polar surface area (TPSA) is 57.2 Å². The second-order valence-corrected chi connectivity index (χ2v) is 6.24. The van der Waals surface area contributed by atoms with Gasteiger partial charge in [-0.2, -0.15) is 5.10 Å². The van der Waals surface area contributed by atoms with Crippen molar-refractivity contribution in [3.05, 3.63) is 95.7 Å². The first-order valence-corrected chi connectivity index (χ1v) is 8.46. The summed E-state index contributed by atoms with van der Waals surface area (Å²) in [6, 6.07) is 23.8. The predicted molar refractivity (Wildman–Crippen MR) is 103 cm³/mol. The number of benzene rings is 3. The van der Waals surface area contributed by atoms with Crippen LogP contribution in [0.15, 0.2) is 84.1 Å². The van der Waals surface area contributed by atoms with E-state index in [1.807, 2.05) is 60.8 Å². The first-order chi connectivity index (χ1) is 12.8. The Kier molecular flexibility index (Phi) is 3.22. The molecule has 124 valence electrons. The molecule has 1 aromatic heterocycles. The van der Waals surface area contributed by atoms with Crippen LogP contribution >= 0.6 is 0 Å². The number of hydrogen-bond donors (Lipinski definition) is 2. The van der Waals surface area contributed by atoms with E-state index >= 15 is 0 Å². The maximum atomic E-state index is 12.7. The maximum absolute atomic E-state index is 12.7. The van der Waals surface area contributed by atoms with Crippen LogP contribution in [0.5, 0.6) is 0 Å². The lowest BCUT2D eigenvalue weighted by Gasteiger charge is -2.05. The molecule has 3 aromatic carbocycles. The predicted octanol–water partition coefficient (Wildman–Crippen LogP) is 4.33. The summed E-state index contributed by atoms with van der Waals surface area (Å²) in [5.41, 5.74) is 9.28. The van der Waals surface area contributed by atoms with Gasteiger partial charge in [0.1, 0.15) is 0 Å². The third-order valence-corrected chi connectivity index (χ3v) is 4.76. The molecule has 2 N–H and O–H groups in total. The summed E-state index contributed by atoms with van der Waals surface area (Å²) in [6.45, 7) is 0. The van der Waals surface area contributed by atoms with Gasteiger partial charge in [-0.15, -0.1) is 0 Å². The van der Waals surface area contributed by atoms with Gasteiger partial charge in [0.15, 0.2) is 0 Å². The van der Waals surface area contributed by atoms with Gasteiger partial charge in [0, 0.05) is 22.7 Å². The van der Waals surface area contributed by atoms with Crippen LogP contribution in [-0.4, -0.2) is 16.6 Å². The van der Waals surface area contributed by atoms with Gasteiger partial charge in [0.25, 0.3) is 5.91 Å². The summed E-state index contributed by atoms with van der Waals surface area (Å²) in [4.78, 5) is 15.8. The van der Waals surface area contributed by atoms with Crippen LogP contribution in [0.25, 0.3) is 22.0 Å². The molecule has 0 unspecified atom stereocenters. The summed E-state index contributed by atoms with van der Waals surface area (Å²) in [5, 5.41) is 5.48. The van der Waals surface area contributed by atoms with Crippen molar-refractivity contribution in [2.24, 2.45) is 5.10 Å². The van der Waals surface area contributed by atoms with E-state index in [1.165, 1.54) is 0 Å². The Balaban J connectivity index is 1.55. The van der Waals surface area contributed by atoms with E-state index in [0.29, 0.717) is 5.56 Å². The standard InChI is InChI=1S/C22H15N3O/c26-22(19-11-5-6-14-12-13-23-20(14)19)25-24-21-17-9-3-1-7-15(17)16-8-2-4-10-18(16)21/h1-13,23H,(H,25,26). The van der Waals surface area contributed by atoms with E-state index in [0.717, 1.165) is 38.9 Å². The number of para-hydroxylation sites is 1. The minimum absolute atomic E-state index is 0.229. The van der Waals surface area contributed by atoms with Crippen molar-refractivity contribution >= 4 is 22.5 Å². The summed E-state index contributed by atoms with van der Waals surface area (Å²) >= 11 is 0. The van der Waals surface area contributed by atoms with Crippen molar-refractivity contribution in [2.45, 2.75) is 0 Å². The van der Waals surface area contributed by atoms with E-state index < -0.39 is 0 Å². The van der Waals surface area contributed by atoms with Gasteiger partial charge in [0.05, 0.1) is 16.8 Å². The van der Waals surface area contributed by atoms with Crippen LogP contribution in [0.3, 0.4) is 0 Å². The number of fused-ring (bicyclic) bond motifs is 4. The lowest BCUT2D eigenvalue weighted by Crippen LogP contribution is -2.20. The van der Waals surface area contributed by atoms with Gasteiger partial charge in [-0.05, 0) is 23.3 Å². The summed E-state index contributed by atoms with van der Waals surface area (Å²) in [7, 11) is 0. The molecule has 1 heterocycles. The number of nitrogens with one attached hydrogen (secondary N) is 2. The quantitative estimate of drug-likeness (QED) is 0.463. The van der Waals surface area contributed by atoms with E-state index in [1.54, 1.807) is 6.07 Å². The molecular weight excluding hydrogens is 322 g/mol. The normalized spacial score (nSPS) is 11.9. The average molecular weight is 337 g/mol. The van der Waals surface area contributed by atoms with Crippen molar-refractivity contribution in [1.29, 1.82) is 0 Å². The van der Waals surface area contributed by atoms with Crippen molar-refractivity contribution in [3.8, 4) is 11.1 Å². The largest absolute Gasteiger partial charge is 0.361 e. The Hall–Kier alpha value is -3.66. The third-order valence-electron chi connectivity index (χ3n) is 4.76. The molecule has 0 radical (unpaired) electrons. The number of amides is 1. The maximum Gasteiger partial charge on any atom is 0.273 e. The lowest BCUT2D eigenvalue weighted by molar-refractivity contribution is 0.0956. The summed E-state index contributed by atoms with van der Waals surface area (Å²) in [5.74, 6) is -0.229. The van der Waals surface area contributed by atoms with E-state index in [-0.39, 0.29) is 5.91 Å². The molecule has 0 fully saturated rings. The first-order valence-electron chi connectivity index (χ1n) is 8.46. The molecule has 0 atom stereocenters. The van der Waals surface area contributed by atoms with Crippen molar-refractivity contribution in [1.82, 2.24) is 10.4 Å². The number of hydrogen-bond acceptors (Lipinski definition) is 2. The van der Waals surface area contributed by atoms with Crippen LogP contribution in [0.2, 0.25) is 0 Å². The Morgan fingerprint density at radius 1 is 0.769 bits per heavy atom. The number of carbonyl (C=O) groups excluding carboxylic acids is 1. The highest BCUT2D eigenvalue weighted by Gasteiger charge is 2.24. The van der Waals surface area contributed by atoms with E-state index in [4.69, 9.17) is 0 Å². The number of aromatic nitrogens is 1. The van der Waals surface area contributed by atoms with Gasteiger partial charge in [-0.1, -0.05) is 60.7 Å². The zero-order valence-electron chi connectivity index (χ0n) is 13.9. The number of H-pyrrole nitrogens is 1. The molecule has 1 aliphatic rings. The monoisotopic (exact) mass is 337 g/mol. The molecule has 1 aliphatic carbocycles. The Morgan fingerprint density at radius 3 is 2.12 bits per heavy atom. The zero-order valence-corrected chi connectivity index (χ0v) is 13.9. The van der Waals surface area contributed by atoms with E-state index in [2.05, 4.69) is 27.6 Å². The smallest absolute Gasteiger partial charge is 0.273 e. The minimum atomic E-state index is -0.229. The molecule has 4 nitrogen and oxygen atoms in total. The number of aromatic amines is 1. The number of nitrogens with zero attached hydrogens (tertiary/aromatic N) is 1. The zero-order chi connectivity index (χ0) is 17.5. The highest BCUT2D eigenvalue weighted by Crippen LogP contribution is 2.36. The Morgan fingerprint density at radius 2 is 1.42 bits per heavy atom. The lowest BCUT2D eigenvalue weighted by atomic mass is 10.1. The third kappa shape index (κ3) is 2.16. The number of carbonyl (C=O) groups is 1. The molecule has 0 saturated heterocycles. The van der Waals surface area contributed by atoms with Crippen LogP contribution in [0.1, 0.15) is 21.5 Å². The molecule has 0 bridgehead atoms. The van der Waals surface area contributed by atoms with Gasteiger partial charge < -0.3 is 4.98 Å². The molecule has 26 heavy (non-hydrogen) atoms. The number of rotatable bonds is 2. The van der Waals surface area contributed by atoms with Crippen LogP contribution in [-0.2, 0) is 0 Å². The fraction of sp³-hybridized carbons (Fsp3) is 0. The molecule has 0 spiro atoms. The van der Waals surface area contributed by atoms with Crippen LogP contribution in [0, 0.1) is 0 Å². The van der Waals surface area contributed by atoms with Crippen LogP contribution in [0.4, 0.5) is 0 Å². The molecular formula is C22H15N3O. The summed E-state index contributed by atoms with van der Waals surface area (Å²) in [6.07, 6.45) is 1.83. The summed E-state index contributed by atoms with van der Waals surface area (Å²) < 4.78 is 0. The van der Waals surface area contributed by atoms with E-state index in [9.17, 15) is 4.79 Å². The molecule has 1 amide bonds.